The maximum absolute atomic E-state index is 9.26. The van der Waals surface area contributed by atoms with Crippen LogP contribution in [0.2, 0.25) is 0 Å². The van der Waals surface area contributed by atoms with Gasteiger partial charge in [-0.15, -0.1) is 0 Å². The summed E-state index contributed by atoms with van der Waals surface area (Å²) in [4.78, 5) is 2.25. The molecule has 0 aromatic heterocycles. The molecule has 1 aromatic rings. The van der Waals surface area contributed by atoms with E-state index in [2.05, 4.69) is 24.8 Å². The minimum atomic E-state index is 0.136. The second kappa shape index (κ2) is 8.57. The third-order valence-corrected chi connectivity index (χ3v) is 3.63. The molecule has 0 bridgehead atoms. The number of nitriles is 1. The Morgan fingerprint density at radius 2 is 2.05 bits per heavy atom. The molecule has 0 fully saturated rings. The molecule has 4 nitrogen and oxygen atoms in total. The lowest BCUT2D eigenvalue weighted by Crippen LogP contribution is -2.36. The minimum absolute atomic E-state index is 0.136. The van der Waals surface area contributed by atoms with Gasteiger partial charge in [-0.05, 0) is 31.0 Å². The Labute approximate surface area is 121 Å². The van der Waals surface area contributed by atoms with Crippen molar-refractivity contribution in [3.05, 3.63) is 29.3 Å². The van der Waals surface area contributed by atoms with Crippen LogP contribution in [0.4, 0.5) is 0 Å². The molecular weight excluding hydrogens is 252 g/mol. The molecule has 0 aliphatic heterocycles. The molecule has 0 spiro atoms. The molecule has 0 saturated carbocycles. The van der Waals surface area contributed by atoms with E-state index < -0.39 is 0 Å². The minimum Gasteiger partial charge on any atom is -0.496 e. The van der Waals surface area contributed by atoms with Gasteiger partial charge in [-0.3, -0.25) is 4.90 Å². The van der Waals surface area contributed by atoms with Crippen molar-refractivity contribution in [3.63, 3.8) is 0 Å². The van der Waals surface area contributed by atoms with E-state index in [9.17, 15) is 5.11 Å². The number of aliphatic hydroxyl groups excluding tert-OH is 1. The van der Waals surface area contributed by atoms with Crippen LogP contribution in [0.3, 0.4) is 0 Å². The SMILES string of the molecule is CCC(CC)N(CCO)Cc1cc(C#N)ccc1OC. The van der Waals surface area contributed by atoms with Gasteiger partial charge in [0.05, 0.1) is 25.3 Å². The molecule has 110 valence electrons. The standard InChI is InChI=1S/C16H24N2O2/c1-4-15(5-2)18(8-9-19)12-14-10-13(11-17)6-7-16(14)20-3/h6-7,10,15,19H,4-5,8-9,12H2,1-3H3. The molecule has 0 heterocycles. The Morgan fingerprint density at radius 1 is 1.35 bits per heavy atom. The van der Waals surface area contributed by atoms with Gasteiger partial charge in [-0.1, -0.05) is 13.8 Å². The molecule has 0 amide bonds. The highest BCUT2D eigenvalue weighted by Gasteiger charge is 2.17. The summed E-state index contributed by atoms with van der Waals surface area (Å²) >= 11 is 0. The van der Waals surface area contributed by atoms with Crippen molar-refractivity contribution in [2.45, 2.75) is 39.3 Å². The Kier molecular flexibility index (Phi) is 7.06. The van der Waals surface area contributed by atoms with Gasteiger partial charge in [0, 0.05) is 24.7 Å². The topological polar surface area (TPSA) is 56.5 Å². The van der Waals surface area contributed by atoms with E-state index >= 15 is 0 Å². The first-order valence-corrected chi connectivity index (χ1v) is 7.12. The van der Waals surface area contributed by atoms with Gasteiger partial charge in [-0.2, -0.15) is 5.26 Å². The fourth-order valence-electron chi connectivity index (χ4n) is 2.51. The fourth-order valence-corrected chi connectivity index (χ4v) is 2.51. The van der Waals surface area contributed by atoms with Crippen molar-refractivity contribution >= 4 is 0 Å². The van der Waals surface area contributed by atoms with Crippen LogP contribution in [-0.2, 0) is 6.54 Å². The maximum Gasteiger partial charge on any atom is 0.123 e. The molecule has 0 atom stereocenters. The van der Waals surface area contributed by atoms with Crippen molar-refractivity contribution in [1.29, 1.82) is 5.26 Å². The van der Waals surface area contributed by atoms with Gasteiger partial charge in [0.2, 0.25) is 0 Å². The predicted octanol–water partition coefficient (Wildman–Crippen LogP) is 2.55. The normalized spacial score (nSPS) is 10.8. The van der Waals surface area contributed by atoms with Crippen LogP contribution in [0.25, 0.3) is 0 Å². The summed E-state index contributed by atoms with van der Waals surface area (Å²) in [5.41, 5.74) is 1.63. The summed E-state index contributed by atoms with van der Waals surface area (Å²) in [6.07, 6.45) is 2.08. The molecule has 1 rings (SSSR count). The average molecular weight is 276 g/mol. The van der Waals surface area contributed by atoms with Crippen LogP contribution in [0.1, 0.15) is 37.8 Å². The van der Waals surface area contributed by atoms with Gasteiger partial charge < -0.3 is 9.84 Å². The first-order valence-electron chi connectivity index (χ1n) is 7.12. The zero-order valence-electron chi connectivity index (χ0n) is 12.6. The first-order chi connectivity index (χ1) is 9.69. The molecule has 20 heavy (non-hydrogen) atoms. The molecule has 0 aliphatic carbocycles. The van der Waals surface area contributed by atoms with Gasteiger partial charge in [-0.25, -0.2) is 0 Å². The van der Waals surface area contributed by atoms with Gasteiger partial charge in [0.25, 0.3) is 0 Å². The lowest BCUT2D eigenvalue weighted by molar-refractivity contribution is 0.135. The summed E-state index contributed by atoms with van der Waals surface area (Å²) < 4.78 is 5.37. The quantitative estimate of drug-likeness (QED) is 0.793. The maximum atomic E-state index is 9.26. The van der Waals surface area contributed by atoms with E-state index in [-0.39, 0.29) is 6.61 Å². The lowest BCUT2D eigenvalue weighted by atomic mass is 10.1. The van der Waals surface area contributed by atoms with Gasteiger partial charge >= 0.3 is 0 Å². The molecule has 0 radical (unpaired) electrons. The molecule has 0 unspecified atom stereocenters. The Morgan fingerprint density at radius 3 is 2.55 bits per heavy atom. The highest BCUT2D eigenvalue weighted by Crippen LogP contribution is 2.23. The number of benzene rings is 1. The number of hydrogen-bond donors (Lipinski definition) is 1. The van der Waals surface area contributed by atoms with Crippen LogP contribution in [0, 0.1) is 11.3 Å². The van der Waals surface area contributed by atoms with Gasteiger partial charge in [0.1, 0.15) is 5.75 Å². The predicted molar refractivity (Wildman–Crippen MR) is 79.6 cm³/mol. The van der Waals surface area contributed by atoms with Crippen molar-refractivity contribution in [2.24, 2.45) is 0 Å². The van der Waals surface area contributed by atoms with E-state index in [0.29, 0.717) is 24.7 Å². The molecule has 1 aromatic carbocycles. The molecule has 1 N–H and O–H groups in total. The first kappa shape index (κ1) is 16.5. The Balaban J connectivity index is 3.00. The molecule has 4 heteroatoms. The monoisotopic (exact) mass is 276 g/mol. The molecule has 0 aliphatic rings. The molecular formula is C16H24N2O2. The van der Waals surface area contributed by atoms with Crippen LogP contribution in [-0.4, -0.2) is 36.3 Å². The number of ether oxygens (including phenoxy) is 1. The van der Waals surface area contributed by atoms with Crippen LogP contribution in [0.15, 0.2) is 18.2 Å². The number of aliphatic hydroxyl groups is 1. The number of nitrogens with zero attached hydrogens (tertiary/aromatic N) is 2. The summed E-state index contributed by atoms with van der Waals surface area (Å²) in [5, 5.41) is 18.3. The Bertz CT molecular complexity index is 450. The number of rotatable bonds is 8. The van der Waals surface area contributed by atoms with Crippen LogP contribution in [0.5, 0.6) is 5.75 Å². The van der Waals surface area contributed by atoms with E-state index in [1.807, 2.05) is 12.1 Å². The van der Waals surface area contributed by atoms with E-state index in [4.69, 9.17) is 10.00 Å². The lowest BCUT2D eigenvalue weighted by Gasteiger charge is -2.30. The third-order valence-electron chi connectivity index (χ3n) is 3.63. The summed E-state index contributed by atoms with van der Waals surface area (Å²) in [5.74, 6) is 0.790. The zero-order chi connectivity index (χ0) is 15.0. The smallest absolute Gasteiger partial charge is 0.123 e. The summed E-state index contributed by atoms with van der Waals surface area (Å²) in [6, 6.07) is 8.04. The second-order valence-electron chi connectivity index (χ2n) is 4.80. The fraction of sp³-hybridized carbons (Fsp3) is 0.562. The zero-order valence-corrected chi connectivity index (χ0v) is 12.6. The van der Waals surface area contributed by atoms with E-state index in [1.165, 1.54) is 0 Å². The number of methoxy groups -OCH3 is 1. The van der Waals surface area contributed by atoms with Crippen LogP contribution < -0.4 is 4.74 Å². The van der Waals surface area contributed by atoms with Crippen molar-refractivity contribution in [2.75, 3.05) is 20.3 Å². The van der Waals surface area contributed by atoms with E-state index in [0.717, 1.165) is 24.2 Å². The average Bonchev–Trinajstić information content (AvgIpc) is 2.48. The van der Waals surface area contributed by atoms with Crippen LogP contribution >= 0.6 is 0 Å². The highest BCUT2D eigenvalue weighted by atomic mass is 16.5. The third kappa shape index (κ3) is 4.22. The van der Waals surface area contributed by atoms with Gasteiger partial charge in [0.15, 0.2) is 0 Å². The summed E-state index contributed by atoms with van der Waals surface area (Å²) in [7, 11) is 1.64. The van der Waals surface area contributed by atoms with E-state index in [1.54, 1.807) is 13.2 Å². The van der Waals surface area contributed by atoms with Crippen molar-refractivity contribution in [3.8, 4) is 11.8 Å². The largest absolute Gasteiger partial charge is 0.496 e. The van der Waals surface area contributed by atoms with Crippen molar-refractivity contribution in [1.82, 2.24) is 4.90 Å². The highest BCUT2D eigenvalue weighted by molar-refractivity contribution is 5.42. The van der Waals surface area contributed by atoms with Crippen molar-refractivity contribution < 1.29 is 9.84 Å². The second-order valence-corrected chi connectivity index (χ2v) is 4.80. The number of hydrogen-bond acceptors (Lipinski definition) is 4. The molecule has 0 saturated heterocycles. The summed E-state index contributed by atoms with van der Waals surface area (Å²) in [6.45, 7) is 5.76. The Hall–Kier alpha value is -1.57.